The van der Waals surface area contributed by atoms with Crippen molar-refractivity contribution in [2.45, 2.75) is 51.3 Å². The number of hydrogen-bond donors (Lipinski definition) is 0. The fourth-order valence-corrected chi connectivity index (χ4v) is 5.06. The Labute approximate surface area is 141 Å². The lowest BCUT2D eigenvalue weighted by Gasteiger charge is -2.25. The molecule has 1 aromatic carbocycles. The summed E-state index contributed by atoms with van der Waals surface area (Å²) in [5, 5.41) is 0. The summed E-state index contributed by atoms with van der Waals surface area (Å²) in [5.41, 5.74) is 2.91. The van der Waals surface area contributed by atoms with E-state index in [0.29, 0.717) is 18.0 Å². The Balaban J connectivity index is 2.44. The minimum Gasteiger partial charge on any atom is -0.305 e. The Hall–Kier alpha value is -0.910. The average molecular weight is 339 g/mol. The molecule has 0 saturated carbocycles. The zero-order valence-corrected chi connectivity index (χ0v) is 16.1. The van der Waals surface area contributed by atoms with Gasteiger partial charge in [-0.15, -0.1) is 0 Å². The maximum Gasteiger partial charge on any atom is 0.243 e. The molecule has 0 atom stereocenters. The minimum atomic E-state index is -3.43. The first kappa shape index (κ1) is 18.4. The van der Waals surface area contributed by atoms with Crippen LogP contribution in [0.15, 0.2) is 17.0 Å². The van der Waals surface area contributed by atoms with Crippen molar-refractivity contribution in [3.63, 3.8) is 0 Å². The molecule has 0 aromatic heterocycles. The van der Waals surface area contributed by atoms with E-state index < -0.39 is 10.0 Å². The van der Waals surface area contributed by atoms with E-state index in [-0.39, 0.29) is 5.41 Å². The van der Waals surface area contributed by atoms with Crippen molar-refractivity contribution >= 4 is 10.0 Å². The van der Waals surface area contributed by atoms with Gasteiger partial charge in [0.25, 0.3) is 0 Å². The summed E-state index contributed by atoms with van der Waals surface area (Å²) in [4.78, 5) is 2.69. The van der Waals surface area contributed by atoms with E-state index >= 15 is 0 Å². The van der Waals surface area contributed by atoms with E-state index in [1.54, 1.807) is 4.31 Å². The quantitative estimate of drug-likeness (QED) is 0.832. The van der Waals surface area contributed by atoms with Gasteiger partial charge in [-0.2, -0.15) is 4.31 Å². The average Bonchev–Trinajstić information content (AvgIpc) is 2.61. The lowest BCUT2D eigenvalue weighted by atomic mass is 9.85. The van der Waals surface area contributed by atoms with Crippen LogP contribution in [0.4, 0.5) is 0 Å². The molecular weight excluding hydrogens is 308 g/mol. The molecule has 0 amide bonds. The molecule has 0 aliphatic carbocycles. The Bertz CT molecular complexity index is 652. The molecular formula is C18H30N2O2S. The number of benzene rings is 1. The Morgan fingerprint density at radius 1 is 0.957 bits per heavy atom. The van der Waals surface area contributed by atoms with Crippen LogP contribution in [0.3, 0.4) is 0 Å². The topological polar surface area (TPSA) is 40.6 Å². The van der Waals surface area contributed by atoms with E-state index in [1.807, 2.05) is 33.0 Å². The summed E-state index contributed by atoms with van der Waals surface area (Å²) in [6, 6.07) is 4.06. The number of aryl methyl sites for hydroxylation is 2. The van der Waals surface area contributed by atoms with Crippen molar-refractivity contribution in [2.24, 2.45) is 0 Å². The van der Waals surface area contributed by atoms with Crippen LogP contribution in [-0.4, -0.2) is 50.8 Å². The van der Waals surface area contributed by atoms with Crippen LogP contribution in [0.5, 0.6) is 0 Å². The molecule has 0 radical (unpaired) electrons. The second kappa shape index (κ2) is 6.54. The van der Waals surface area contributed by atoms with Gasteiger partial charge in [-0.25, -0.2) is 8.42 Å². The molecule has 2 rings (SSSR count). The highest BCUT2D eigenvalue weighted by Crippen LogP contribution is 2.31. The van der Waals surface area contributed by atoms with E-state index in [9.17, 15) is 8.42 Å². The number of sulfonamides is 1. The minimum absolute atomic E-state index is 0.0170. The molecule has 0 unspecified atom stereocenters. The van der Waals surface area contributed by atoms with Crippen LogP contribution in [0.2, 0.25) is 0 Å². The maximum atomic E-state index is 13.2. The molecule has 0 spiro atoms. The van der Waals surface area contributed by atoms with Gasteiger partial charge in [0.2, 0.25) is 10.0 Å². The SMILES string of the molecule is Cc1cc(C(C)(C)C)cc(C)c1S(=O)(=O)N1CCCN(C)CC1. The lowest BCUT2D eigenvalue weighted by molar-refractivity contribution is 0.347. The first-order valence-corrected chi connectivity index (χ1v) is 9.78. The lowest BCUT2D eigenvalue weighted by Crippen LogP contribution is -2.35. The van der Waals surface area contributed by atoms with E-state index in [4.69, 9.17) is 0 Å². The summed E-state index contributed by atoms with van der Waals surface area (Å²) in [6.45, 7) is 13.2. The standard InChI is InChI=1S/C18H30N2O2S/c1-14-12-16(18(3,4)5)13-15(2)17(14)23(21,22)20-9-7-8-19(6)10-11-20/h12-13H,7-11H2,1-6H3. The molecule has 23 heavy (non-hydrogen) atoms. The summed E-state index contributed by atoms with van der Waals surface area (Å²) in [5.74, 6) is 0. The third-order valence-electron chi connectivity index (χ3n) is 4.60. The van der Waals surface area contributed by atoms with Crippen LogP contribution in [-0.2, 0) is 15.4 Å². The third-order valence-corrected chi connectivity index (χ3v) is 6.81. The summed E-state index contributed by atoms with van der Waals surface area (Å²) in [7, 11) is -1.38. The molecule has 4 nitrogen and oxygen atoms in total. The van der Waals surface area contributed by atoms with Gasteiger partial charge in [0, 0.05) is 19.6 Å². The Morgan fingerprint density at radius 3 is 2.04 bits per heavy atom. The highest BCUT2D eigenvalue weighted by atomic mass is 32.2. The highest BCUT2D eigenvalue weighted by Gasteiger charge is 2.30. The number of rotatable bonds is 2. The molecule has 1 saturated heterocycles. The molecule has 1 heterocycles. The van der Waals surface area contributed by atoms with Crippen molar-refractivity contribution in [3.8, 4) is 0 Å². The van der Waals surface area contributed by atoms with Crippen LogP contribution in [0, 0.1) is 13.8 Å². The summed E-state index contributed by atoms with van der Waals surface area (Å²) >= 11 is 0. The zero-order valence-electron chi connectivity index (χ0n) is 15.3. The van der Waals surface area contributed by atoms with Gasteiger partial charge in [0.15, 0.2) is 0 Å². The van der Waals surface area contributed by atoms with Gasteiger partial charge in [0.1, 0.15) is 0 Å². The van der Waals surface area contributed by atoms with Gasteiger partial charge in [-0.3, -0.25) is 0 Å². The fourth-order valence-electron chi connectivity index (χ4n) is 3.18. The molecule has 130 valence electrons. The summed E-state index contributed by atoms with van der Waals surface area (Å²) < 4.78 is 28.0. The van der Waals surface area contributed by atoms with Gasteiger partial charge >= 0.3 is 0 Å². The van der Waals surface area contributed by atoms with Crippen molar-refractivity contribution in [1.29, 1.82) is 0 Å². The van der Waals surface area contributed by atoms with Crippen molar-refractivity contribution in [1.82, 2.24) is 9.21 Å². The first-order valence-electron chi connectivity index (χ1n) is 8.34. The van der Waals surface area contributed by atoms with Crippen LogP contribution in [0.25, 0.3) is 0 Å². The smallest absolute Gasteiger partial charge is 0.243 e. The normalized spacial score (nSPS) is 18.9. The monoisotopic (exact) mass is 338 g/mol. The fraction of sp³-hybridized carbons (Fsp3) is 0.667. The highest BCUT2D eigenvalue weighted by molar-refractivity contribution is 7.89. The second-order valence-corrected chi connectivity index (χ2v) is 9.62. The predicted molar refractivity (Wildman–Crippen MR) is 95.5 cm³/mol. The van der Waals surface area contributed by atoms with Gasteiger partial charge in [0.05, 0.1) is 4.90 Å². The molecule has 1 aliphatic rings. The van der Waals surface area contributed by atoms with Crippen LogP contribution < -0.4 is 0 Å². The largest absolute Gasteiger partial charge is 0.305 e. The Kier molecular flexibility index (Phi) is 5.24. The second-order valence-electron chi connectivity index (χ2n) is 7.75. The number of hydrogen-bond acceptors (Lipinski definition) is 3. The van der Waals surface area contributed by atoms with E-state index in [0.717, 1.165) is 30.6 Å². The first-order chi connectivity index (χ1) is 10.5. The van der Waals surface area contributed by atoms with Crippen LogP contribution in [0.1, 0.15) is 43.9 Å². The number of nitrogens with zero attached hydrogens (tertiary/aromatic N) is 2. The van der Waals surface area contributed by atoms with Gasteiger partial charge in [-0.05, 0) is 56.0 Å². The Morgan fingerprint density at radius 2 is 1.52 bits per heavy atom. The van der Waals surface area contributed by atoms with Crippen LogP contribution >= 0.6 is 0 Å². The van der Waals surface area contributed by atoms with Crippen molar-refractivity contribution in [3.05, 3.63) is 28.8 Å². The predicted octanol–water partition coefficient (Wildman–Crippen LogP) is 2.93. The zero-order chi connectivity index (χ0) is 17.4. The van der Waals surface area contributed by atoms with Crippen molar-refractivity contribution < 1.29 is 8.42 Å². The summed E-state index contributed by atoms with van der Waals surface area (Å²) in [6.07, 6.45) is 0.883. The molecule has 0 N–H and O–H groups in total. The van der Waals surface area contributed by atoms with E-state index in [1.165, 1.54) is 5.56 Å². The van der Waals surface area contributed by atoms with Crippen molar-refractivity contribution in [2.75, 3.05) is 33.2 Å². The van der Waals surface area contributed by atoms with E-state index in [2.05, 4.69) is 25.7 Å². The van der Waals surface area contributed by atoms with Gasteiger partial charge in [-0.1, -0.05) is 32.9 Å². The molecule has 0 bridgehead atoms. The number of likely N-dealkylation sites (N-methyl/N-ethyl adjacent to an activating group) is 1. The van der Waals surface area contributed by atoms with Gasteiger partial charge < -0.3 is 4.90 Å². The molecule has 1 fully saturated rings. The maximum absolute atomic E-state index is 13.2. The molecule has 1 aromatic rings. The third kappa shape index (κ3) is 3.95. The molecule has 1 aliphatic heterocycles. The molecule has 5 heteroatoms.